The Balaban J connectivity index is 2.12. The van der Waals surface area contributed by atoms with E-state index in [4.69, 9.17) is 5.73 Å². The van der Waals surface area contributed by atoms with Gasteiger partial charge in [0.2, 0.25) is 5.91 Å². The van der Waals surface area contributed by atoms with Crippen LogP contribution in [0, 0.1) is 5.92 Å². The predicted octanol–water partition coefficient (Wildman–Crippen LogP) is 1.58. The molecule has 0 radical (unpaired) electrons. The lowest BCUT2D eigenvalue weighted by atomic mass is 10.0. The lowest BCUT2D eigenvalue weighted by Gasteiger charge is -2.16. The number of hydrogen-bond acceptors (Lipinski definition) is 4. The Kier molecular flexibility index (Phi) is 4.47. The molecule has 0 fully saturated rings. The number of benzene rings is 1. The second-order valence-corrected chi connectivity index (χ2v) is 5.02. The van der Waals surface area contributed by atoms with E-state index >= 15 is 0 Å². The highest BCUT2D eigenvalue weighted by atomic mass is 16.1. The van der Waals surface area contributed by atoms with Gasteiger partial charge in [-0.05, 0) is 18.1 Å². The number of hydrogen-bond donors (Lipinski definition) is 2. The zero-order valence-electron chi connectivity index (χ0n) is 11.7. The largest absolute Gasteiger partial charge is 0.327 e. The van der Waals surface area contributed by atoms with Crippen LogP contribution in [0.2, 0.25) is 0 Å². The lowest BCUT2D eigenvalue weighted by Crippen LogP contribution is -2.31. The van der Waals surface area contributed by atoms with Crippen molar-refractivity contribution in [3.05, 3.63) is 36.7 Å². The molecule has 0 saturated carbocycles. The third-order valence-electron chi connectivity index (χ3n) is 3.12. The maximum Gasteiger partial charge on any atom is 0.226 e. The normalized spacial score (nSPS) is 12.4. The van der Waals surface area contributed by atoms with Gasteiger partial charge in [-0.15, -0.1) is 5.10 Å². The van der Waals surface area contributed by atoms with Crippen LogP contribution in [-0.4, -0.2) is 26.9 Å². The van der Waals surface area contributed by atoms with Crippen LogP contribution in [0.15, 0.2) is 36.7 Å². The Morgan fingerprint density at radius 1 is 1.40 bits per heavy atom. The van der Waals surface area contributed by atoms with Crippen molar-refractivity contribution in [3.63, 3.8) is 0 Å². The van der Waals surface area contributed by atoms with Crippen LogP contribution in [0.4, 0.5) is 5.69 Å². The van der Waals surface area contributed by atoms with Gasteiger partial charge in [0.05, 0.1) is 23.8 Å². The molecule has 1 amide bonds. The molecule has 6 nitrogen and oxygen atoms in total. The molecule has 20 heavy (non-hydrogen) atoms. The van der Waals surface area contributed by atoms with E-state index in [9.17, 15) is 4.79 Å². The van der Waals surface area contributed by atoms with Crippen LogP contribution < -0.4 is 11.1 Å². The van der Waals surface area contributed by atoms with Crippen molar-refractivity contribution < 1.29 is 4.79 Å². The third-order valence-corrected chi connectivity index (χ3v) is 3.12. The molecule has 2 aromatic rings. The van der Waals surface area contributed by atoms with Gasteiger partial charge in [0, 0.05) is 12.5 Å². The number of carbonyl (C=O) groups excluding carboxylic acids is 1. The molecule has 1 aromatic carbocycles. The molecule has 6 heteroatoms. The van der Waals surface area contributed by atoms with Crippen molar-refractivity contribution in [1.29, 1.82) is 0 Å². The van der Waals surface area contributed by atoms with Crippen LogP contribution in [0.5, 0.6) is 0 Å². The van der Waals surface area contributed by atoms with Gasteiger partial charge in [-0.1, -0.05) is 31.2 Å². The van der Waals surface area contributed by atoms with Crippen LogP contribution in [0.1, 0.15) is 20.3 Å². The van der Waals surface area contributed by atoms with E-state index < -0.39 is 0 Å². The van der Waals surface area contributed by atoms with Gasteiger partial charge < -0.3 is 11.1 Å². The van der Waals surface area contributed by atoms with Crippen molar-refractivity contribution in [3.8, 4) is 5.69 Å². The Hall–Kier alpha value is -2.21. The van der Waals surface area contributed by atoms with Crippen LogP contribution in [0.3, 0.4) is 0 Å². The summed E-state index contributed by atoms with van der Waals surface area (Å²) in [7, 11) is 0. The average molecular weight is 273 g/mol. The number of aromatic nitrogens is 3. The molecule has 0 spiro atoms. The fraction of sp³-hybridized carbons (Fsp3) is 0.357. The van der Waals surface area contributed by atoms with Gasteiger partial charge in [0.1, 0.15) is 0 Å². The summed E-state index contributed by atoms with van der Waals surface area (Å²) in [6.45, 7) is 4.00. The van der Waals surface area contributed by atoms with Crippen molar-refractivity contribution in [2.45, 2.75) is 26.3 Å². The van der Waals surface area contributed by atoms with Gasteiger partial charge in [-0.25, -0.2) is 4.68 Å². The number of anilines is 1. The molecule has 0 bridgehead atoms. The summed E-state index contributed by atoms with van der Waals surface area (Å²) in [6.07, 6.45) is 3.61. The summed E-state index contributed by atoms with van der Waals surface area (Å²) in [5.41, 5.74) is 7.38. The Morgan fingerprint density at radius 2 is 2.15 bits per heavy atom. The second kappa shape index (κ2) is 6.29. The third kappa shape index (κ3) is 3.42. The van der Waals surface area contributed by atoms with E-state index in [-0.39, 0.29) is 17.9 Å². The minimum absolute atomic E-state index is 0.0984. The van der Waals surface area contributed by atoms with E-state index in [1.807, 2.05) is 38.1 Å². The van der Waals surface area contributed by atoms with Gasteiger partial charge in [-0.2, -0.15) is 0 Å². The Morgan fingerprint density at radius 3 is 2.80 bits per heavy atom. The van der Waals surface area contributed by atoms with E-state index in [2.05, 4.69) is 15.6 Å². The molecule has 0 saturated heterocycles. The summed E-state index contributed by atoms with van der Waals surface area (Å²) < 4.78 is 1.61. The maximum atomic E-state index is 12.0. The van der Waals surface area contributed by atoms with E-state index in [0.717, 1.165) is 5.69 Å². The number of carbonyl (C=O) groups is 1. The SMILES string of the molecule is CC(C)C(N)CC(=O)Nc1ccccc1-n1ccnn1. The van der Waals surface area contributed by atoms with E-state index in [0.29, 0.717) is 12.1 Å². The minimum atomic E-state index is -0.145. The average Bonchev–Trinajstić information content (AvgIpc) is 2.92. The Labute approximate surface area is 118 Å². The Bertz CT molecular complexity index is 565. The molecule has 2 rings (SSSR count). The fourth-order valence-corrected chi connectivity index (χ4v) is 1.77. The molecule has 3 N–H and O–H groups in total. The van der Waals surface area contributed by atoms with Crippen molar-refractivity contribution in [1.82, 2.24) is 15.0 Å². The summed E-state index contributed by atoms with van der Waals surface area (Å²) in [6, 6.07) is 7.29. The molecule has 1 aromatic heterocycles. The van der Waals surface area contributed by atoms with Crippen LogP contribution in [0.25, 0.3) is 5.69 Å². The summed E-state index contributed by atoms with van der Waals surface area (Å²) >= 11 is 0. The topological polar surface area (TPSA) is 85.8 Å². The molecular weight excluding hydrogens is 254 g/mol. The number of rotatable bonds is 5. The lowest BCUT2D eigenvalue weighted by molar-refractivity contribution is -0.116. The van der Waals surface area contributed by atoms with E-state index in [1.165, 1.54) is 0 Å². The number of amides is 1. The van der Waals surface area contributed by atoms with Crippen molar-refractivity contribution in [2.75, 3.05) is 5.32 Å². The highest BCUT2D eigenvalue weighted by Crippen LogP contribution is 2.19. The number of nitrogens with one attached hydrogen (secondary N) is 1. The molecular formula is C14H19N5O. The number of para-hydroxylation sites is 2. The first-order chi connectivity index (χ1) is 9.58. The molecule has 1 unspecified atom stereocenters. The zero-order valence-corrected chi connectivity index (χ0v) is 11.7. The van der Waals surface area contributed by atoms with Crippen molar-refractivity contribution >= 4 is 11.6 Å². The summed E-state index contributed by atoms with van der Waals surface area (Å²) in [5, 5.41) is 10.6. The van der Waals surface area contributed by atoms with Gasteiger partial charge in [0.25, 0.3) is 0 Å². The monoisotopic (exact) mass is 273 g/mol. The maximum absolute atomic E-state index is 12.0. The smallest absolute Gasteiger partial charge is 0.226 e. The highest BCUT2D eigenvalue weighted by molar-refractivity contribution is 5.93. The first-order valence-corrected chi connectivity index (χ1v) is 6.59. The summed E-state index contributed by atoms with van der Waals surface area (Å²) in [4.78, 5) is 12.0. The first kappa shape index (κ1) is 14.2. The molecule has 1 heterocycles. The van der Waals surface area contributed by atoms with Crippen LogP contribution in [-0.2, 0) is 4.79 Å². The van der Waals surface area contributed by atoms with E-state index in [1.54, 1.807) is 17.1 Å². The fourth-order valence-electron chi connectivity index (χ4n) is 1.77. The molecule has 0 aliphatic carbocycles. The van der Waals surface area contributed by atoms with Gasteiger partial charge in [-0.3, -0.25) is 4.79 Å². The molecule has 0 aliphatic heterocycles. The zero-order chi connectivity index (χ0) is 14.5. The standard InChI is InChI=1S/C14H19N5O/c1-10(2)11(15)9-14(20)17-12-5-3-4-6-13(12)19-8-7-16-18-19/h3-8,10-11H,9,15H2,1-2H3,(H,17,20). The summed E-state index contributed by atoms with van der Waals surface area (Å²) in [5.74, 6) is 0.171. The minimum Gasteiger partial charge on any atom is -0.327 e. The molecule has 1 atom stereocenters. The predicted molar refractivity (Wildman–Crippen MR) is 77.4 cm³/mol. The van der Waals surface area contributed by atoms with Crippen molar-refractivity contribution in [2.24, 2.45) is 11.7 Å². The highest BCUT2D eigenvalue weighted by Gasteiger charge is 2.14. The number of nitrogens with two attached hydrogens (primary N) is 1. The molecule has 106 valence electrons. The molecule has 0 aliphatic rings. The first-order valence-electron chi connectivity index (χ1n) is 6.59. The second-order valence-electron chi connectivity index (χ2n) is 5.02. The van der Waals surface area contributed by atoms with Gasteiger partial charge in [0.15, 0.2) is 0 Å². The quantitative estimate of drug-likeness (QED) is 0.866. The number of nitrogens with zero attached hydrogens (tertiary/aromatic N) is 3. The van der Waals surface area contributed by atoms with Crippen LogP contribution >= 0.6 is 0 Å². The van der Waals surface area contributed by atoms with Gasteiger partial charge >= 0.3 is 0 Å².